The maximum atomic E-state index is 10.9. The molecular formula is C14H17NO2. The van der Waals surface area contributed by atoms with Gasteiger partial charge in [0.25, 0.3) is 0 Å². The summed E-state index contributed by atoms with van der Waals surface area (Å²) in [6.07, 6.45) is 4.50. The molecule has 0 bridgehead atoms. The Kier molecular flexibility index (Phi) is 2.45. The summed E-state index contributed by atoms with van der Waals surface area (Å²) >= 11 is 0. The van der Waals surface area contributed by atoms with E-state index in [1.807, 2.05) is 30.3 Å². The highest BCUT2D eigenvalue weighted by Crippen LogP contribution is 2.47. The zero-order valence-corrected chi connectivity index (χ0v) is 9.73. The molecule has 0 saturated carbocycles. The van der Waals surface area contributed by atoms with Crippen LogP contribution in [0.3, 0.4) is 0 Å². The van der Waals surface area contributed by atoms with Gasteiger partial charge in [0.1, 0.15) is 11.4 Å². The van der Waals surface area contributed by atoms with Crippen LogP contribution >= 0.6 is 0 Å². The lowest BCUT2D eigenvalue weighted by Crippen LogP contribution is -2.29. The number of ether oxygens (including phenoxy) is 1. The van der Waals surface area contributed by atoms with E-state index in [2.05, 4.69) is 0 Å². The Hall–Kier alpha value is -1.32. The number of fused-ring (bicyclic) bond motifs is 1. The first-order chi connectivity index (χ1) is 8.22. The molecule has 2 aliphatic rings. The van der Waals surface area contributed by atoms with Gasteiger partial charge in [-0.3, -0.25) is 0 Å². The molecule has 3 rings (SSSR count). The second-order valence-electron chi connectivity index (χ2n) is 4.82. The largest absolute Gasteiger partial charge is 0.495 e. The second kappa shape index (κ2) is 3.86. The molecule has 90 valence electrons. The second-order valence-corrected chi connectivity index (χ2v) is 4.82. The topological polar surface area (TPSA) is 55.5 Å². The van der Waals surface area contributed by atoms with Crippen molar-refractivity contribution in [2.75, 3.05) is 6.61 Å². The van der Waals surface area contributed by atoms with Crippen LogP contribution in [0.2, 0.25) is 0 Å². The quantitative estimate of drug-likeness (QED) is 0.777. The van der Waals surface area contributed by atoms with Gasteiger partial charge in [0.2, 0.25) is 0 Å². The summed E-state index contributed by atoms with van der Waals surface area (Å²) in [5.41, 5.74) is 7.00. The number of hydrogen-bond donors (Lipinski definition) is 2. The predicted molar refractivity (Wildman–Crippen MR) is 65.2 cm³/mol. The molecule has 1 heterocycles. The van der Waals surface area contributed by atoms with Gasteiger partial charge in [-0.15, -0.1) is 0 Å². The van der Waals surface area contributed by atoms with Crippen LogP contribution < -0.4 is 5.73 Å². The summed E-state index contributed by atoms with van der Waals surface area (Å²) in [4.78, 5) is 0. The van der Waals surface area contributed by atoms with Gasteiger partial charge in [0.05, 0.1) is 6.61 Å². The fourth-order valence-electron chi connectivity index (χ4n) is 2.81. The van der Waals surface area contributed by atoms with Gasteiger partial charge in [-0.2, -0.15) is 0 Å². The summed E-state index contributed by atoms with van der Waals surface area (Å²) in [5.74, 6) is 0.684. The van der Waals surface area contributed by atoms with Crippen LogP contribution in [0.1, 0.15) is 36.4 Å². The highest BCUT2D eigenvalue weighted by atomic mass is 16.5. The maximum Gasteiger partial charge on any atom is 0.148 e. The minimum absolute atomic E-state index is 0.109. The van der Waals surface area contributed by atoms with Gasteiger partial charge < -0.3 is 15.6 Å². The first-order valence-corrected chi connectivity index (χ1v) is 6.12. The Bertz CT molecular complexity index is 469. The molecule has 0 amide bonds. The lowest BCUT2D eigenvalue weighted by molar-refractivity contribution is -0.00136. The van der Waals surface area contributed by atoms with Gasteiger partial charge >= 0.3 is 0 Å². The number of rotatable bonds is 1. The molecule has 2 atom stereocenters. The number of aliphatic hydroxyl groups is 1. The third-order valence-electron chi connectivity index (χ3n) is 3.66. The molecule has 3 heteroatoms. The van der Waals surface area contributed by atoms with Crippen LogP contribution in [-0.4, -0.2) is 11.7 Å². The SMILES string of the molecule is NC1CC(O)(C2=CCCCO2)c2ccccc21. The van der Waals surface area contributed by atoms with Crippen molar-refractivity contribution in [1.82, 2.24) is 0 Å². The van der Waals surface area contributed by atoms with Crippen LogP contribution in [0.4, 0.5) is 0 Å². The number of nitrogens with two attached hydrogens (primary N) is 1. The van der Waals surface area contributed by atoms with Gasteiger partial charge in [-0.25, -0.2) is 0 Å². The Morgan fingerprint density at radius 2 is 2.18 bits per heavy atom. The Morgan fingerprint density at radius 1 is 1.35 bits per heavy atom. The van der Waals surface area contributed by atoms with Gasteiger partial charge in [0, 0.05) is 12.5 Å². The first-order valence-electron chi connectivity index (χ1n) is 6.12. The summed E-state index contributed by atoms with van der Waals surface area (Å²) < 4.78 is 5.63. The maximum absolute atomic E-state index is 10.9. The van der Waals surface area contributed by atoms with E-state index in [1.165, 1.54) is 0 Å². The molecule has 0 radical (unpaired) electrons. The van der Waals surface area contributed by atoms with Gasteiger partial charge in [-0.05, 0) is 30.0 Å². The Morgan fingerprint density at radius 3 is 2.94 bits per heavy atom. The average Bonchev–Trinajstić information content (AvgIpc) is 2.65. The average molecular weight is 231 g/mol. The van der Waals surface area contributed by atoms with Crippen molar-refractivity contribution in [1.29, 1.82) is 0 Å². The minimum atomic E-state index is -1.02. The van der Waals surface area contributed by atoms with Crippen molar-refractivity contribution in [3.63, 3.8) is 0 Å². The monoisotopic (exact) mass is 231 g/mol. The van der Waals surface area contributed by atoms with E-state index in [0.717, 1.165) is 24.0 Å². The third kappa shape index (κ3) is 1.58. The van der Waals surface area contributed by atoms with Crippen LogP contribution in [-0.2, 0) is 10.3 Å². The van der Waals surface area contributed by atoms with Crippen molar-refractivity contribution in [2.24, 2.45) is 5.73 Å². The fraction of sp³-hybridized carbons (Fsp3) is 0.429. The van der Waals surface area contributed by atoms with Gasteiger partial charge in [0.15, 0.2) is 0 Å². The summed E-state index contributed by atoms with van der Waals surface area (Å²) in [6, 6.07) is 7.72. The minimum Gasteiger partial charge on any atom is -0.495 e. The third-order valence-corrected chi connectivity index (χ3v) is 3.66. The standard InChI is InChI=1S/C14H17NO2/c15-12-9-14(16,13-7-3-4-8-17-13)11-6-2-1-5-10(11)12/h1-2,5-7,12,16H,3-4,8-9,15H2. The number of hydrogen-bond acceptors (Lipinski definition) is 3. The van der Waals surface area contributed by atoms with Gasteiger partial charge in [-0.1, -0.05) is 24.3 Å². The summed E-state index contributed by atoms with van der Waals surface area (Å²) in [6.45, 7) is 0.686. The first kappa shape index (κ1) is 10.8. The zero-order chi connectivity index (χ0) is 11.9. The molecule has 2 unspecified atom stereocenters. The van der Waals surface area contributed by atoms with Crippen molar-refractivity contribution >= 4 is 0 Å². The highest BCUT2D eigenvalue weighted by molar-refractivity contribution is 5.44. The summed E-state index contributed by atoms with van der Waals surface area (Å²) in [5, 5.41) is 10.9. The number of benzene rings is 1. The Balaban J connectivity index is 2.07. The highest BCUT2D eigenvalue weighted by Gasteiger charge is 2.45. The van der Waals surface area contributed by atoms with E-state index in [9.17, 15) is 5.11 Å². The van der Waals surface area contributed by atoms with Crippen molar-refractivity contribution in [3.05, 3.63) is 47.2 Å². The molecule has 3 N–H and O–H groups in total. The Labute approximate surface area is 101 Å². The molecule has 17 heavy (non-hydrogen) atoms. The number of allylic oxidation sites excluding steroid dienone is 1. The lowest BCUT2D eigenvalue weighted by Gasteiger charge is -2.29. The van der Waals surface area contributed by atoms with Crippen LogP contribution in [0.5, 0.6) is 0 Å². The molecule has 1 aromatic rings. The van der Waals surface area contributed by atoms with Crippen molar-refractivity contribution in [2.45, 2.75) is 30.9 Å². The molecule has 1 aliphatic carbocycles. The molecular weight excluding hydrogens is 214 g/mol. The predicted octanol–water partition coefficient (Wildman–Crippen LogP) is 1.97. The van der Waals surface area contributed by atoms with E-state index in [4.69, 9.17) is 10.5 Å². The molecule has 0 fully saturated rings. The van der Waals surface area contributed by atoms with E-state index in [0.29, 0.717) is 18.8 Å². The van der Waals surface area contributed by atoms with E-state index in [1.54, 1.807) is 0 Å². The van der Waals surface area contributed by atoms with Crippen LogP contribution in [0, 0.1) is 0 Å². The van der Waals surface area contributed by atoms with Crippen LogP contribution in [0.25, 0.3) is 0 Å². The van der Waals surface area contributed by atoms with Crippen LogP contribution in [0.15, 0.2) is 36.1 Å². The van der Waals surface area contributed by atoms with E-state index >= 15 is 0 Å². The zero-order valence-electron chi connectivity index (χ0n) is 9.73. The molecule has 0 saturated heterocycles. The summed E-state index contributed by atoms with van der Waals surface area (Å²) in [7, 11) is 0. The normalized spacial score (nSPS) is 31.6. The van der Waals surface area contributed by atoms with E-state index in [-0.39, 0.29) is 6.04 Å². The van der Waals surface area contributed by atoms with Crippen molar-refractivity contribution in [3.8, 4) is 0 Å². The lowest BCUT2D eigenvalue weighted by atomic mass is 9.92. The van der Waals surface area contributed by atoms with Crippen molar-refractivity contribution < 1.29 is 9.84 Å². The molecule has 0 spiro atoms. The molecule has 3 nitrogen and oxygen atoms in total. The van der Waals surface area contributed by atoms with E-state index < -0.39 is 5.60 Å². The smallest absolute Gasteiger partial charge is 0.148 e. The molecule has 0 aromatic heterocycles. The fourth-order valence-corrected chi connectivity index (χ4v) is 2.81. The molecule has 1 aromatic carbocycles. The molecule has 1 aliphatic heterocycles.